The third kappa shape index (κ3) is 3.22. The summed E-state index contributed by atoms with van der Waals surface area (Å²) in [6.07, 6.45) is 2.10. The first-order valence-electron chi connectivity index (χ1n) is 7.93. The summed E-state index contributed by atoms with van der Waals surface area (Å²) in [6, 6.07) is -0.414. The molecule has 24 heavy (non-hydrogen) atoms. The van der Waals surface area contributed by atoms with E-state index in [4.69, 9.17) is 0 Å². The van der Waals surface area contributed by atoms with Crippen LogP contribution < -0.4 is 11.2 Å². The zero-order chi connectivity index (χ0) is 17.5. The van der Waals surface area contributed by atoms with Crippen molar-refractivity contribution in [3.8, 4) is 0 Å². The van der Waals surface area contributed by atoms with Crippen LogP contribution in [0.5, 0.6) is 0 Å². The normalized spacial score (nSPS) is 25.1. The third-order valence-electron chi connectivity index (χ3n) is 4.78. The zero-order valence-electron chi connectivity index (χ0n) is 14.1. The third-order valence-corrected chi connectivity index (χ3v) is 5.70. The van der Waals surface area contributed by atoms with Crippen molar-refractivity contribution in [2.75, 3.05) is 13.1 Å². The van der Waals surface area contributed by atoms with Crippen molar-refractivity contribution < 1.29 is 5.11 Å². The number of hydrogen-bond donors (Lipinski definition) is 2. The van der Waals surface area contributed by atoms with E-state index in [2.05, 4.69) is 14.9 Å². The lowest BCUT2D eigenvalue weighted by molar-refractivity contribution is -0.0541. The fourth-order valence-corrected chi connectivity index (χ4v) is 3.93. The van der Waals surface area contributed by atoms with Crippen molar-refractivity contribution in [3.63, 3.8) is 0 Å². The second kappa shape index (κ2) is 6.27. The zero-order valence-corrected chi connectivity index (χ0v) is 14.9. The molecule has 130 valence electrons. The second-order valence-electron chi connectivity index (χ2n) is 6.70. The number of likely N-dealkylation sites (tertiary alicyclic amines) is 1. The number of thiazole rings is 1. The first-order chi connectivity index (χ1) is 11.3. The van der Waals surface area contributed by atoms with E-state index in [9.17, 15) is 14.7 Å². The Hall–Kier alpha value is -1.77. The molecule has 7 nitrogen and oxygen atoms in total. The highest BCUT2D eigenvalue weighted by Crippen LogP contribution is 2.32. The Kier molecular flexibility index (Phi) is 4.46. The molecule has 0 amide bonds. The van der Waals surface area contributed by atoms with E-state index in [1.165, 1.54) is 9.44 Å². The summed E-state index contributed by atoms with van der Waals surface area (Å²) in [5.74, 6) is 0. The van der Waals surface area contributed by atoms with Gasteiger partial charge in [-0.2, -0.15) is 0 Å². The maximum atomic E-state index is 12.2. The lowest BCUT2D eigenvalue weighted by atomic mass is 9.88. The van der Waals surface area contributed by atoms with Crippen molar-refractivity contribution in [3.05, 3.63) is 48.7 Å². The first kappa shape index (κ1) is 17.1. The predicted octanol–water partition coefficient (Wildman–Crippen LogP) is 0.808. The molecule has 3 rings (SSSR count). The number of hydrogen-bond acceptors (Lipinski definition) is 6. The lowest BCUT2D eigenvalue weighted by Gasteiger charge is -2.43. The van der Waals surface area contributed by atoms with Gasteiger partial charge in [-0.1, -0.05) is 0 Å². The van der Waals surface area contributed by atoms with Crippen molar-refractivity contribution >= 4 is 11.3 Å². The van der Waals surface area contributed by atoms with Gasteiger partial charge in [0.05, 0.1) is 22.8 Å². The molecule has 2 N–H and O–H groups in total. The van der Waals surface area contributed by atoms with Gasteiger partial charge < -0.3 is 5.11 Å². The molecule has 0 spiro atoms. The fraction of sp³-hybridized carbons (Fsp3) is 0.562. The summed E-state index contributed by atoms with van der Waals surface area (Å²) >= 11 is 1.62. The minimum atomic E-state index is -1.01. The maximum Gasteiger partial charge on any atom is 0.328 e. The molecule has 1 aliphatic rings. The van der Waals surface area contributed by atoms with E-state index >= 15 is 0 Å². The monoisotopic (exact) mass is 350 g/mol. The van der Waals surface area contributed by atoms with Gasteiger partial charge in [0.2, 0.25) is 0 Å². The highest BCUT2D eigenvalue weighted by Gasteiger charge is 2.39. The number of H-pyrrole nitrogens is 1. The number of aromatic nitrogens is 3. The Morgan fingerprint density at radius 3 is 2.88 bits per heavy atom. The van der Waals surface area contributed by atoms with Crippen molar-refractivity contribution in [1.29, 1.82) is 0 Å². The second-order valence-corrected chi connectivity index (χ2v) is 7.64. The van der Waals surface area contributed by atoms with E-state index in [1.807, 2.05) is 12.4 Å². The topological polar surface area (TPSA) is 91.2 Å². The first-order valence-corrected chi connectivity index (χ1v) is 8.81. The van der Waals surface area contributed by atoms with Crippen LogP contribution in [0.4, 0.5) is 0 Å². The van der Waals surface area contributed by atoms with Gasteiger partial charge in [0.1, 0.15) is 0 Å². The van der Waals surface area contributed by atoms with Crippen LogP contribution in [0.25, 0.3) is 0 Å². The Bertz CT molecular complexity index is 851. The Labute approximate surface area is 143 Å². The molecule has 2 atom stereocenters. The van der Waals surface area contributed by atoms with Crippen LogP contribution in [0.1, 0.15) is 35.5 Å². The summed E-state index contributed by atoms with van der Waals surface area (Å²) in [4.78, 5) is 33.8. The molecule has 0 saturated carbocycles. The standard InChI is InChI=1S/C16H22N4O3S/c1-10-6-20(15(22)18-14(10)21)13-8-19(5-4-16(13,3)23)7-12-11(2)17-9-24-12/h6,9,13,23H,4-5,7-8H2,1-3H3,(H,18,21,22)/t13-,16-/m1/s1. The predicted molar refractivity (Wildman–Crippen MR) is 92.5 cm³/mol. The average Bonchev–Trinajstić information content (AvgIpc) is 2.90. The number of aliphatic hydroxyl groups is 1. The number of nitrogens with one attached hydrogen (secondary N) is 1. The molecule has 8 heteroatoms. The quantitative estimate of drug-likeness (QED) is 0.855. The highest BCUT2D eigenvalue weighted by molar-refractivity contribution is 7.09. The van der Waals surface area contributed by atoms with E-state index < -0.39 is 17.3 Å². The van der Waals surface area contributed by atoms with Crippen LogP contribution in [0.2, 0.25) is 0 Å². The Morgan fingerprint density at radius 1 is 1.46 bits per heavy atom. The van der Waals surface area contributed by atoms with Crippen LogP contribution in [0.15, 0.2) is 21.3 Å². The molecule has 0 aliphatic carbocycles. The number of aromatic amines is 1. The van der Waals surface area contributed by atoms with Crippen LogP contribution >= 0.6 is 11.3 Å². The summed E-state index contributed by atoms with van der Waals surface area (Å²) in [5.41, 5.74) is 1.44. The average molecular weight is 350 g/mol. The molecular formula is C16H22N4O3S. The van der Waals surface area contributed by atoms with E-state index in [1.54, 1.807) is 31.4 Å². The number of rotatable bonds is 3. The van der Waals surface area contributed by atoms with Crippen molar-refractivity contribution in [2.45, 2.75) is 45.4 Å². The summed E-state index contributed by atoms with van der Waals surface area (Å²) in [5, 5.41) is 10.8. The van der Waals surface area contributed by atoms with Crippen molar-refractivity contribution in [1.82, 2.24) is 19.4 Å². The minimum absolute atomic E-state index is 0.385. The van der Waals surface area contributed by atoms with Crippen LogP contribution in [-0.2, 0) is 6.54 Å². The van der Waals surface area contributed by atoms with Gasteiger partial charge in [-0.15, -0.1) is 11.3 Å². The van der Waals surface area contributed by atoms with Crippen LogP contribution in [-0.4, -0.2) is 43.2 Å². The fourth-order valence-electron chi connectivity index (χ4n) is 3.11. The molecule has 0 aromatic carbocycles. The smallest absolute Gasteiger partial charge is 0.328 e. The Balaban J connectivity index is 1.90. The molecule has 1 aliphatic heterocycles. The largest absolute Gasteiger partial charge is 0.388 e. The van der Waals surface area contributed by atoms with Gasteiger partial charge in [0.25, 0.3) is 5.56 Å². The van der Waals surface area contributed by atoms with E-state index in [0.29, 0.717) is 18.5 Å². The van der Waals surface area contributed by atoms with E-state index in [-0.39, 0.29) is 5.56 Å². The van der Waals surface area contributed by atoms with Gasteiger partial charge in [-0.3, -0.25) is 19.2 Å². The van der Waals surface area contributed by atoms with E-state index in [0.717, 1.165) is 18.8 Å². The van der Waals surface area contributed by atoms with Crippen molar-refractivity contribution in [2.24, 2.45) is 0 Å². The molecule has 1 fully saturated rings. The lowest BCUT2D eigenvalue weighted by Crippen LogP contribution is -2.53. The molecule has 2 aromatic heterocycles. The van der Waals surface area contributed by atoms with Gasteiger partial charge in [0.15, 0.2) is 0 Å². The molecule has 0 radical (unpaired) electrons. The molecular weight excluding hydrogens is 328 g/mol. The molecule has 0 unspecified atom stereocenters. The van der Waals surface area contributed by atoms with Gasteiger partial charge in [0, 0.05) is 36.3 Å². The van der Waals surface area contributed by atoms with Crippen LogP contribution in [0, 0.1) is 13.8 Å². The van der Waals surface area contributed by atoms with Gasteiger partial charge in [-0.05, 0) is 27.2 Å². The van der Waals surface area contributed by atoms with Crippen LogP contribution in [0.3, 0.4) is 0 Å². The Morgan fingerprint density at radius 2 is 2.21 bits per heavy atom. The number of nitrogens with zero attached hydrogens (tertiary/aromatic N) is 3. The summed E-state index contributed by atoms with van der Waals surface area (Å²) in [6.45, 7) is 7.43. The molecule has 1 saturated heterocycles. The van der Waals surface area contributed by atoms with Gasteiger partial charge in [-0.25, -0.2) is 9.78 Å². The van der Waals surface area contributed by atoms with Gasteiger partial charge >= 0.3 is 5.69 Å². The SMILES string of the molecule is Cc1ncsc1CN1CC[C@@](C)(O)[C@H](n2cc(C)c(=O)[nH]c2=O)C1. The summed E-state index contributed by atoms with van der Waals surface area (Å²) in [7, 11) is 0. The molecule has 2 aromatic rings. The highest BCUT2D eigenvalue weighted by atomic mass is 32.1. The number of piperidine rings is 1. The molecule has 3 heterocycles. The maximum absolute atomic E-state index is 12.2. The summed E-state index contributed by atoms with van der Waals surface area (Å²) < 4.78 is 1.46. The molecule has 0 bridgehead atoms. The minimum Gasteiger partial charge on any atom is -0.388 e. The number of aryl methyl sites for hydroxylation is 2.